The molecule has 1 atom stereocenters. The van der Waals surface area contributed by atoms with E-state index < -0.39 is 0 Å². The summed E-state index contributed by atoms with van der Waals surface area (Å²) < 4.78 is 13.2. The molecule has 3 aromatic rings. The molecule has 1 aromatic carbocycles. The summed E-state index contributed by atoms with van der Waals surface area (Å²) in [4.78, 5) is 21.9. The zero-order valence-electron chi connectivity index (χ0n) is 13.5. The van der Waals surface area contributed by atoms with E-state index in [9.17, 15) is 9.18 Å². The fourth-order valence-electron chi connectivity index (χ4n) is 2.55. The van der Waals surface area contributed by atoms with E-state index in [-0.39, 0.29) is 17.0 Å². The zero-order valence-corrected chi connectivity index (χ0v) is 15.2. The van der Waals surface area contributed by atoms with Crippen LogP contribution in [0.4, 0.5) is 4.39 Å². The molecule has 1 aliphatic carbocycles. The third-order valence-corrected chi connectivity index (χ3v) is 6.06. The van der Waals surface area contributed by atoms with E-state index in [0.29, 0.717) is 6.04 Å². The van der Waals surface area contributed by atoms with Gasteiger partial charge in [-0.05, 0) is 37.5 Å². The lowest BCUT2D eigenvalue weighted by atomic mass is 10.1. The average molecular weight is 373 g/mol. The fraction of sp³-hybridized carbons (Fsp3) is 0.278. The highest BCUT2D eigenvalue weighted by Crippen LogP contribution is 2.39. The highest BCUT2D eigenvalue weighted by atomic mass is 32.2. The minimum Gasteiger partial charge on any atom is -0.352 e. The molecule has 1 fully saturated rings. The largest absolute Gasteiger partial charge is 0.352 e. The van der Waals surface area contributed by atoms with Crippen LogP contribution >= 0.6 is 23.1 Å². The van der Waals surface area contributed by atoms with Gasteiger partial charge in [0.2, 0.25) is 5.91 Å². The number of benzene rings is 1. The number of halogens is 1. The Balaban J connectivity index is 1.67. The van der Waals surface area contributed by atoms with Gasteiger partial charge in [-0.2, -0.15) is 0 Å². The third-order valence-electron chi connectivity index (χ3n) is 4.07. The van der Waals surface area contributed by atoms with Gasteiger partial charge in [-0.25, -0.2) is 14.4 Å². The number of hydrogen-bond acceptors (Lipinski definition) is 5. The quantitative estimate of drug-likeness (QED) is 0.536. The molecule has 1 saturated carbocycles. The molecule has 1 unspecified atom stereocenters. The summed E-state index contributed by atoms with van der Waals surface area (Å²) in [7, 11) is 0. The van der Waals surface area contributed by atoms with Crippen molar-refractivity contribution < 1.29 is 9.18 Å². The van der Waals surface area contributed by atoms with Gasteiger partial charge in [0, 0.05) is 17.0 Å². The molecule has 0 bridgehead atoms. The molecule has 0 saturated heterocycles. The summed E-state index contributed by atoms with van der Waals surface area (Å²) in [6, 6.07) is 6.74. The SMILES string of the molecule is CC(Sc1ncnc2scc(-c3ccc(F)cc3)c12)C(=O)NC1CC1. The molecule has 128 valence electrons. The highest BCUT2D eigenvalue weighted by Gasteiger charge is 2.27. The molecule has 4 rings (SSSR count). The maximum atomic E-state index is 13.2. The van der Waals surface area contributed by atoms with E-state index in [1.807, 2.05) is 12.3 Å². The van der Waals surface area contributed by atoms with E-state index in [1.165, 1.54) is 41.6 Å². The molecule has 2 heterocycles. The Labute approximate surface area is 152 Å². The van der Waals surface area contributed by atoms with Crippen LogP contribution in [0, 0.1) is 5.82 Å². The van der Waals surface area contributed by atoms with Crippen molar-refractivity contribution in [2.75, 3.05) is 0 Å². The van der Waals surface area contributed by atoms with E-state index >= 15 is 0 Å². The Hall–Kier alpha value is -1.99. The molecular weight excluding hydrogens is 357 g/mol. The van der Waals surface area contributed by atoms with Gasteiger partial charge in [0.05, 0.1) is 10.6 Å². The maximum absolute atomic E-state index is 13.2. The van der Waals surface area contributed by atoms with Crippen LogP contribution in [-0.4, -0.2) is 27.2 Å². The van der Waals surface area contributed by atoms with Gasteiger partial charge in [-0.3, -0.25) is 4.79 Å². The molecule has 7 heteroatoms. The summed E-state index contributed by atoms with van der Waals surface area (Å²) >= 11 is 2.96. The van der Waals surface area contributed by atoms with Gasteiger partial charge in [0.15, 0.2) is 0 Å². The van der Waals surface area contributed by atoms with Crippen molar-refractivity contribution in [3.63, 3.8) is 0 Å². The van der Waals surface area contributed by atoms with Crippen molar-refractivity contribution in [2.24, 2.45) is 0 Å². The number of nitrogens with one attached hydrogen (secondary N) is 1. The summed E-state index contributed by atoms with van der Waals surface area (Å²) in [6.07, 6.45) is 3.67. The number of rotatable bonds is 5. The van der Waals surface area contributed by atoms with Gasteiger partial charge < -0.3 is 5.32 Å². The maximum Gasteiger partial charge on any atom is 0.233 e. The first-order valence-corrected chi connectivity index (χ1v) is 9.83. The van der Waals surface area contributed by atoms with E-state index in [1.54, 1.807) is 12.1 Å². The first kappa shape index (κ1) is 16.5. The Bertz CT molecular complexity index is 922. The molecule has 0 aliphatic heterocycles. The van der Waals surface area contributed by atoms with Gasteiger partial charge in [-0.1, -0.05) is 23.9 Å². The number of carbonyl (C=O) groups excluding carboxylic acids is 1. The number of thiophene rings is 1. The molecule has 2 aromatic heterocycles. The number of aromatic nitrogens is 2. The van der Waals surface area contributed by atoms with Gasteiger partial charge >= 0.3 is 0 Å². The summed E-state index contributed by atoms with van der Waals surface area (Å²) in [5.74, 6) is -0.225. The second-order valence-corrected chi connectivity index (χ2v) is 8.25. The Morgan fingerprint density at radius 3 is 2.80 bits per heavy atom. The average Bonchev–Trinajstić information content (AvgIpc) is 3.31. The minimum atomic E-state index is -0.264. The second-order valence-electron chi connectivity index (χ2n) is 6.06. The zero-order chi connectivity index (χ0) is 17.4. The first-order valence-electron chi connectivity index (χ1n) is 8.07. The lowest BCUT2D eigenvalue weighted by Crippen LogP contribution is -2.32. The van der Waals surface area contributed by atoms with Crippen LogP contribution in [0.15, 0.2) is 41.0 Å². The molecule has 0 radical (unpaired) electrons. The van der Waals surface area contributed by atoms with Gasteiger partial charge in [0.25, 0.3) is 0 Å². The van der Waals surface area contributed by atoms with Crippen LogP contribution in [0.1, 0.15) is 19.8 Å². The Kier molecular flexibility index (Phi) is 4.43. The first-order chi connectivity index (χ1) is 12.1. The lowest BCUT2D eigenvalue weighted by molar-refractivity contribution is -0.120. The highest BCUT2D eigenvalue weighted by molar-refractivity contribution is 8.00. The van der Waals surface area contributed by atoms with Crippen molar-refractivity contribution >= 4 is 39.2 Å². The van der Waals surface area contributed by atoms with E-state index in [4.69, 9.17) is 0 Å². The second kappa shape index (κ2) is 6.72. The third kappa shape index (κ3) is 3.52. The topological polar surface area (TPSA) is 54.9 Å². The predicted molar refractivity (Wildman–Crippen MR) is 99.3 cm³/mol. The van der Waals surface area contributed by atoms with Crippen molar-refractivity contribution in [3.8, 4) is 11.1 Å². The van der Waals surface area contributed by atoms with Crippen LogP contribution in [0.3, 0.4) is 0 Å². The van der Waals surface area contributed by atoms with Crippen LogP contribution in [0.2, 0.25) is 0 Å². The lowest BCUT2D eigenvalue weighted by Gasteiger charge is -2.12. The number of carbonyl (C=O) groups is 1. The molecule has 1 amide bonds. The smallest absolute Gasteiger partial charge is 0.233 e. The number of amides is 1. The van der Waals surface area contributed by atoms with Gasteiger partial charge in [-0.15, -0.1) is 11.3 Å². The Morgan fingerprint density at radius 2 is 2.08 bits per heavy atom. The van der Waals surface area contributed by atoms with Crippen LogP contribution in [0.25, 0.3) is 21.3 Å². The van der Waals surface area contributed by atoms with E-state index in [0.717, 1.165) is 39.2 Å². The van der Waals surface area contributed by atoms with Crippen molar-refractivity contribution in [1.29, 1.82) is 0 Å². The normalized spacial score (nSPS) is 15.3. The van der Waals surface area contributed by atoms with Crippen molar-refractivity contribution in [1.82, 2.24) is 15.3 Å². The number of fused-ring (bicyclic) bond motifs is 1. The van der Waals surface area contributed by atoms with Gasteiger partial charge in [0.1, 0.15) is 22.0 Å². The molecule has 0 spiro atoms. The Morgan fingerprint density at radius 1 is 1.32 bits per heavy atom. The molecule has 25 heavy (non-hydrogen) atoms. The summed E-state index contributed by atoms with van der Waals surface area (Å²) in [5, 5.41) is 6.50. The van der Waals surface area contributed by atoms with Crippen molar-refractivity contribution in [3.05, 3.63) is 41.8 Å². The molecule has 1 aliphatic rings. The number of nitrogens with zero attached hydrogens (tertiary/aromatic N) is 2. The monoisotopic (exact) mass is 373 g/mol. The van der Waals surface area contributed by atoms with Crippen LogP contribution < -0.4 is 5.32 Å². The molecule has 1 N–H and O–H groups in total. The molecule has 4 nitrogen and oxygen atoms in total. The van der Waals surface area contributed by atoms with Crippen molar-refractivity contribution in [2.45, 2.75) is 36.1 Å². The number of hydrogen-bond donors (Lipinski definition) is 1. The van der Waals surface area contributed by atoms with Crippen LogP contribution in [-0.2, 0) is 4.79 Å². The number of thioether (sulfide) groups is 1. The van der Waals surface area contributed by atoms with E-state index in [2.05, 4.69) is 15.3 Å². The minimum absolute atomic E-state index is 0.0397. The van der Waals surface area contributed by atoms with Crippen LogP contribution in [0.5, 0.6) is 0 Å². The summed E-state index contributed by atoms with van der Waals surface area (Å²) in [6.45, 7) is 1.89. The predicted octanol–water partition coefficient (Wildman–Crippen LogP) is 4.26. The molecular formula is C18H16FN3OS2. The standard InChI is InChI=1S/C18H16FN3OS2/c1-10(16(23)22-13-6-7-13)25-18-15-14(8-24-17(15)20-9-21-18)11-2-4-12(19)5-3-11/h2-5,8-10,13H,6-7H2,1H3,(H,22,23). The fourth-order valence-corrected chi connectivity index (χ4v) is 4.47. The summed E-state index contributed by atoms with van der Waals surface area (Å²) in [5.41, 5.74) is 1.89.